The first kappa shape index (κ1) is 10.1. The summed E-state index contributed by atoms with van der Waals surface area (Å²) in [4.78, 5) is 1.51. The lowest BCUT2D eigenvalue weighted by Gasteiger charge is -2.27. The zero-order valence-electron chi connectivity index (χ0n) is 8.68. The van der Waals surface area contributed by atoms with Crippen molar-refractivity contribution in [1.82, 2.24) is 10.6 Å². The molecule has 2 N–H and O–H groups in total. The molecule has 0 radical (unpaired) electrons. The molecule has 1 aromatic heterocycles. The number of nitrogens with one attached hydrogen (secondary N) is 2. The van der Waals surface area contributed by atoms with Gasteiger partial charge in [-0.25, -0.2) is 0 Å². The van der Waals surface area contributed by atoms with Gasteiger partial charge >= 0.3 is 0 Å². The summed E-state index contributed by atoms with van der Waals surface area (Å²) in [5.41, 5.74) is 1.51. The Labute approximate surface area is 89.7 Å². The van der Waals surface area contributed by atoms with Crippen LogP contribution in [-0.4, -0.2) is 19.6 Å². The molecule has 1 aromatic rings. The van der Waals surface area contributed by atoms with E-state index in [4.69, 9.17) is 0 Å². The second-order valence-electron chi connectivity index (χ2n) is 3.88. The molecule has 2 rings (SSSR count). The van der Waals surface area contributed by atoms with Gasteiger partial charge in [0.1, 0.15) is 0 Å². The van der Waals surface area contributed by atoms with Crippen LogP contribution in [0, 0.1) is 5.92 Å². The standard InChI is InChI=1S/C11H18N2S/c1-2-10-3-4-14-11(10)8-13-7-9-5-12-6-9/h3-4,9,12-13H,2,5-8H2,1H3. The van der Waals surface area contributed by atoms with Gasteiger partial charge in [0.05, 0.1) is 0 Å². The van der Waals surface area contributed by atoms with E-state index < -0.39 is 0 Å². The van der Waals surface area contributed by atoms with E-state index >= 15 is 0 Å². The fourth-order valence-corrected chi connectivity index (χ4v) is 2.67. The zero-order valence-corrected chi connectivity index (χ0v) is 9.49. The van der Waals surface area contributed by atoms with E-state index in [2.05, 4.69) is 29.0 Å². The molecule has 2 heterocycles. The Morgan fingerprint density at radius 1 is 1.57 bits per heavy atom. The minimum absolute atomic E-state index is 0.861. The average Bonchev–Trinajstić information content (AvgIpc) is 2.56. The predicted molar refractivity (Wildman–Crippen MR) is 61.8 cm³/mol. The molecule has 78 valence electrons. The molecule has 1 saturated heterocycles. The van der Waals surface area contributed by atoms with Gasteiger partial charge in [0.15, 0.2) is 0 Å². The SMILES string of the molecule is CCc1ccsc1CNCC1CNC1. The van der Waals surface area contributed by atoms with Gasteiger partial charge in [-0.3, -0.25) is 0 Å². The van der Waals surface area contributed by atoms with E-state index in [9.17, 15) is 0 Å². The van der Waals surface area contributed by atoms with Crippen LogP contribution in [0.25, 0.3) is 0 Å². The molecule has 2 nitrogen and oxygen atoms in total. The van der Waals surface area contributed by atoms with Crippen molar-refractivity contribution in [3.8, 4) is 0 Å². The number of thiophene rings is 1. The Morgan fingerprint density at radius 3 is 3.07 bits per heavy atom. The number of rotatable bonds is 5. The summed E-state index contributed by atoms with van der Waals surface area (Å²) >= 11 is 1.87. The first-order valence-corrected chi connectivity index (χ1v) is 6.24. The smallest absolute Gasteiger partial charge is 0.0302 e. The van der Waals surface area contributed by atoms with E-state index in [1.807, 2.05) is 11.3 Å². The van der Waals surface area contributed by atoms with Crippen LogP contribution in [0.2, 0.25) is 0 Å². The monoisotopic (exact) mass is 210 g/mol. The average molecular weight is 210 g/mol. The Hall–Kier alpha value is -0.380. The van der Waals surface area contributed by atoms with Crippen LogP contribution in [0.1, 0.15) is 17.4 Å². The van der Waals surface area contributed by atoms with Gasteiger partial charge < -0.3 is 10.6 Å². The molecule has 0 atom stereocenters. The van der Waals surface area contributed by atoms with Crippen molar-refractivity contribution in [3.63, 3.8) is 0 Å². The maximum atomic E-state index is 3.53. The highest BCUT2D eigenvalue weighted by atomic mass is 32.1. The van der Waals surface area contributed by atoms with Gasteiger partial charge in [-0.2, -0.15) is 0 Å². The fraction of sp³-hybridized carbons (Fsp3) is 0.636. The minimum Gasteiger partial charge on any atom is -0.316 e. The van der Waals surface area contributed by atoms with Crippen LogP contribution in [0.3, 0.4) is 0 Å². The second kappa shape index (κ2) is 4.91. The van der Waals surface area contributed by atoms with Gasteiger partial charge in [0.2, 0.25) is 0 Å². The van der Waals surface area contributed by atoms with E-state index in [-0.39, 0.29) is 0 Å². The van der Waals surface area contributed by atoms with Gasteiger partial charge in [0, 0.05) is 31.1 Å². The zero-order chi connectivity index (χ0) is 9.80. The summed E-state index contributed by atoms with van der Waals surface area (Å²) in [5.74, 6) is 0.861. The Balaban J connectivity index is 1.73. The Morgan fingerprint density at radius 2 is 2.43 bits per heavy atom. The van der Waals surface area contributed by atoms with E-state index in [1.54, 1.807) is 0 Å². The van der Waals surface area contributed by atoms with Crippen molar-refractivity contribution in [2.75, 3.05) is 19.6 Å². The van der Waals surface area contributed by atoms with E-state index in [1.165, 1.54) is 23.5 Å². The van der Waals surface area contributed by atoms with Gasteiger partial charge in [-0.05, 0) is 29.3 Å². The third-order valence-electron chi connectivity index (χ3n) is 2.80. The van der Waals surface area contributed by atoms with Crippen LogP contribution in [-0.2, 0) is 13.0 Å². The van der Waals surface area contributed by atoms with Crippen molar-refractivity contribution in [1.29, 1.82) is 0 Å². The highest BCUT2D eigenvalue weighted by molar-refractivity contribution is 7.10. The molecular formula is C11H18N2S. The second-order valence-corrected chi connectivity index (χ2v) is 4.88. The molecule has 1 fully saturated rings. The summed E-state index contributed by atoms with van der Waals surface area (Å²) in [6.07, 6.45) is 1.16. The fourth-order valence-electron chi connectivity index (χ4n) is 1.72. The van der Waals surface area contributed by atoms with Crippen LogP contribution < -0.4 is 10.6 Å². The van der Waals surface area contributed by atoms with Crippen molar-refractivity contribution in [2.45, 2.75) is 19.9 Å². The van der Waals surface area contributed by atoms with Crippen LogP contribution in [0.4, 0.5) is 0 Å². The maximum absolute atomic E-state index is 3.53. The maximum Gasteiger partial charge on any atom is 0.0302 e. The molecule has 0 bridgehead atoms. The quantitative estimate of drug-likeness (QED) is 0.772. The minimum atomic E-state index is 0.861. The molecular weight excluding hydrogens is 192 g/mol. The normalized spacial score (nSPS) is 16.9. The third kappa shape index (κ3) is 2.35. The van der Waals surface area contributed by atoms with Gasteiger partial charge in [0.25, 0.3) is 0 Å². The van der Waals surface area contributed by atoms with Crippen molar-refractivity contribution < 1.29 is 0 Å². The largest absolute Gasteiger partial charge is 0.316 e. The van der Waals surface area contributed by atoms with Crippen LogP contribution in [0.15, 0.2) is 11.4 Å². The molecule has 0 unspecified atom stereocenters. The molecule has 0 aliphatic carbocycles. The Bertz CT molecular complexity index is 279. The molecule has 3 heteroatoms. The summed E-state index contributed by atoms with van der Waals surface area (Å²) in [7, 11) is 0. The molecule has 14 heavy (non-hydrogen) atoms. The molecule has 0 amide bonds. The first-order valence-electron chi connectivity index (χ1n) is 5.37. The number of aryl methyl sites for hydroxylation is 1. The molecule has 0 aromatic carbocycles. The van der Waals surface area contributed by atoms with Crippen molar-refractivity contribution in [3.05, 3.63) is 21.9 Å². The summed E-state index contributed by atoms with van der Waals surface area (Å²) in [6.45, 7) is 6.82. The van der Waals surface area contributed by atoms with E-state index in [0.29, 0.717) is 0 Å². The topological polar surface area (TPSA) is 24.1 Å². The van der Waals surface area contributed by atoms with Crippen LogP contribution in [0.5, 0.6) is 0 Å². The van der Waals surface area contributed by atoms with Crippen LogP contribution >= 0.6 is 11.3 Å². The lowest BCUT2D eigenvalue weighted by molar-refractivity contribution is 0.331. The molecule has 0 spiro atoms. The molecule has 1 aliphatic heterocycles. The van der Waals surface area contributed by atoms with Crippen molar-refractivity contribution in [2.24, 2.45) is 5.92 Å². The molecule has 1 aliphatic rings. The third-order valence-corrected chi connectivity index (χ3v) is 3.77. The predicted octanol–water partition coefficient (Wildman–Crippen LogP) is 1.62. The first-order chi connectivity index (χ1) is 6.90. The highest BCUT2D eigenvalue weighted by Crippen LogP contribution is 2.17. The Kier molecular flexibility index (Phi) is 3.56. The van der Waals surface area contributed by atoms with Gasteiger partial charge in [-0.15, -0.1) is 11.3 Å². The van der Waals surface area contributed by atoms with E-state index in [0.717, 1.165) is 25.4 Å². The van der Waals surface area contributed by atoms with Crippen molar-refractivity contribution >= 4 is 11.3 Å². The summed E-state index contributed by atoms with van der Waals surface area (Å²) in [6, 6.07) is 2.24. The lowest BCUT2D eigenvalue weighted by Crippen LogP contribution is -2.47. The number of hydrogen-bond donors (Lipinski definition) is 2. The molecule has 0 saturated carbocycles. The highest BCUT2D eigenvalue weighted by Gasteiger charge is 2.15. The lowest BCUT2D eigenvalue weighted by atomic mass is 10.0. The summed E-state index contributed by atoms with van der Waals surface area (Å²) in [5, 5.41) is 9.02. The van der Waals surface area contributed by atoms with Gasteiger partial charge in [-0.1, -0.05) is 6.92 Å². The number of hydrogen-bond acceptors (Lipinski definition) is 3. The summed E-state index contributed by atoms with van der Waals surface area (Å²) < 4.78 is 0.